The third-order valence-electron chi connectivity index (χ3n) is 4.40. The quantitative estimate of drug-likeness (QED) is 0.449. The standard InChI is InChI=1S/C22H15ClN2O3/c23-16-6-4-15(5-7-16)14-28-22(26)21-18-9-8-17(27-12-10-24)13-20(18)25-11-2-1-3-19(21)25/h1-9,11,13H,12,14H2. The third kappa shape index (κ3) is 3.38. The number of esters is 1. The van der Waals surface area contributed by atoms with Gasteiger partial charge in [-0.25, -0.2) is 4.79 Å². The Bertz CT molecular complexity index is 1210. The Morgan fingerprint density at radius 3 is 2.68 bits per heavy atom. The summed E-state index contributed by atoms with van der Waals surface area (Å²) in [7, 11) is 0. The predicted molar refractivity (Wildman–Crippen MR) is 107 cm³/mol. The van der Waals surface area contributed by atoms with Gasteiger partial charge >= 0.3 is 5.97 Å². The second-order valence-electron chi connectivity index (χ2n) is 6.16. The molecule has 0 spiro atoms. The summed E-state index contributed by atoms with van der Waals surface area (Å²) in [5.41, 5.74) is 2.91. The molecule has 2 aromatic carbocycles. The number of fused-ring (bicyclic) bond motifs is 3. The zero-order valence-electron chi connectivity index (χ0n) is 14.8. The van der Waals surface area contributed by atoms with Gasteiger partial charge < -0.3 is 13.9 Å². The van der Waals surface area contributed by atoms with Crippen LogP contribution in [0.5, 0.6) is 5.75 Å². The van der Waals surface area contributed by atoms with Crippen molar-refractivity contribution in [2.24, 2.45) is 0 Å². The predicted octanol–water partition coefficient (Wildman–Crippen LogP) is 5.01. The van der Waals surface area contributed by atoms with Crippen LogP contribution in [0.2, 0.25) is 5.02 Å². The molecule has 138 valence electrons. The van der Waals surface area contributed by atoms with E-state index in [2.05, 4.69) is 0 Å². The topological polar surface area (TPSA) is 63.7 Å². The largest absolute Gasteiger partial charge is 0.479 e. The molecular weight excluding hydrogens is 376 g/mol. The van der Waals surface area contributed by atoms with Crippen molar-refractivity contribution in [3.8, 4) is 11.8 Å². The van der Waals surface area contributed by atoms with Crippen LogP contribution in [0.4, 0.5) is 0 Å². The van der Waals surface area contributed by atoms with Crippen LogP contribution in [0.25, 0.3) is 16.4 Å². The molecule has 0 atom stereocenters. The molecular formula is C22H15ClN2O3. The Morgan fingerprint density at radius 1 is 1.07 bits per heavy atom. The lowest BCUT2D eigenvalue weighted by Crippen LogP contribution is -2.05. The van der Waals surface area contributed by atoms with Crippen LogP contribution in [-0.2, 0) is 11.3 Å². The first-order valence-electron chi connectivity index (χ1n) is 8.61. The minimum absolute atomic E-state index is 0.0369. The minimum Gasteiger partial charge on any atom is -0.479 e. The summed E-state index contributed by atoms with van der Waals surface area (Å²) >= 11 is 5.89. The van der Waals surface area contributed by atoms with Crippen LogP contribution in [-0.4, -0.2) is 17.0 Å². The van der Waals surface area contributed by atoms with Gasteiger partial charge in [-0.3, -0.25) is 0 Å². The van der Waals surface area contributed by atoms with Crippen LogP contribution in [0.15, 0.2) is 66.9 Å². The molecule has 0 saturated heterocycles. The fourth-order valence-corrected chi connectivity index (χ4v) is 3.26. The molecule has 0 unspecified atom stereocenters. The van der Waals surface area contributed by atoms with E-state index in [1.807, 2.05) is 59.1 Å². The highest BCUT2D eigenvalue weighted by molar-refractivity contribution is 6.30. The van der Waals surface area contributed by atoms with Gasteiger partial charge in [-0.1, -0.05) is 29.8 Å². The Kier molecular flexibility index (Phi) is 4.88. The zero-order chi connectivity index (χ0) is 19.5. The number of rotatable bonds is 5. The van der Waals surface area contributed by atoms with Gasteiger partial charge in [-0.15, -0.1) is 0 Å². The molecule has 0 bridgehead atoms. The molecule has 28 heavy (non-hydrogen) atoms. The number of carbonyl (C=O) groups is 1. The first-order chi connectivity index (χ1) is 13.7. The van der Waals surface area contributed by atoms with Gasteiger partial charge in [-0.05, 0) is 42.0 Å². The van der Waals surface area contributed by atoms with Crippen molar-refractivity contribution < 1.29 is 14.3 Å². The van der Waals surface area contributed by atoms with Crippen LogP contribution in [0.1, 0.15) is 15.9 Å². The monoisotopic (exact) mass is 390 g/mol. The van der Waals surface area contributed by atoms with Crippen LogP contribution in [0.3, 0.4) is 0 Å². The molecule has 2 heterocycles. The number of halogens is 1. The number of nitrogens with zero attached hydrogens (tertiary/aromatic N) is 2. The molecule has 0 saturated carbocycles. The molecule has 2 aromatic heterocycles. The van der Waals surface area contributed by atoms with E-state index in [1.165, 1.54) is 0 Å². The molecule has 5 nitrogen and oxygen atoms in total. The summed E-state index contributed by atoms with van der Waals surface area (Å²) in [4.78, 5) is 12.9. The van der Waals surface area contributed by atoms with E-state index in [9.17, 15) is 4.79 Å². The zero-order valence-corrected chi connectivity index (χ0v) is 15.5. The second kappa shape index (κ2) is 7.63. The van der Waals surface area contributed by atoms with E-state index in [0.29, 0.717) is 16.3 Å². The van der Waals surface area contributed by atoms with Crippen LogP contribution >= 0.6 is 11.6 Å². The Labute approximate surface area is 166 Å². The molecule has 0 aliphatic rings. The van der Waals surface area contributed by atoms with Crippen molar-refractivity contribution in [3.05, 3.63) is 83.0 Å². The van der Waals surface area contributed by atoms with Crippen molar-refractivity contribution in [2.45, 2.75) is 6.61 Å². The second-order valence-corrected chi connectivity index (χ2v) is 6.60. The molecule has 0 amide bonds. The summed E-state index contributed by atoms with van der Waals surface area (Å²) < 4.78 is 12.9. The van der Waals surface area contributed by atoms with Gasteiger partial charge in [0.2, 0.25) is 0 Å². The van der Waals surface area contributed by atoms with Crippen molar-refractivity contribution in [3.63, 3.8) is 0 Å². The first-order valence-corrected chi connectivity index (χ1v) is 8.99. The first kappa shape index (κ1) is 17.9. The average molecular weight is 391 g/mol. The maximum Gasteiger partial charge on any atom is 0.341 e. The highest BCUT2D eigenvalue weighted by Crippen LogP contribution is 2.30. The number of carbonyl (C=O) groups excluding carboxylic acids is 1. The van der Waals surface area contributed by atoms with Gasteiger partial charge in [0.15, 0.2) is 6.61 Å². The fourth-order valence-electron chi connectivity index (χ4n) is 3.14. The smallest absolute Gasteiger partial charge is 0.341 e. The van der Waals surface area contributed by atoms with Gasteiger partial charge in [0.25, 0.3) is 0 Å². The SMILES string of the molecule is N#CCOc1ccc2c(C(=O)OCc3ccc(Cl)cc3)c3ccccn3c2c1. The summed E-state index contributed by atoms with van der Waals surface area (Å²) in [6.07, 6.45) is 1.88. The molecule has 0 radical (unpaired) electrons. The summed E-state index contributed by atoms with van der Waals surface area (Å²) in [6.45, 7) is 0.121. The van der Waals surface area contributed by atoms with E-state index in [4.69, 9.17) is 26.3 Å². The summed E-state index contributed by atoms with van der Waals surface area (Å²) in [5.74, 6) is 0.165. The number of hydrogen-bond acceptors (Lipinski definition) is 4. The van der Waals surface area contributed by atoms with Crippen molar-refractivity contribution >= 4 is 34.0 Å². The number of ether oxygens (including phenoxy) is 2. The lowest BCUT2D eigenvalue weighted by Gasteiger charge is -2.05. The number of pyridine rings is 1. The molecule has 4 aromatic rings. The minimum atomic E-state index is -0.403. The third-order valence-corrected chi connectivity index (χ3v) is 4.66. The molecule has 0 N–H and O–H groups in total. The number of aromatic nitrogens is 1. The number of benzene rings is 2. The highest BCUT2D eigenvalue weighted by atomic mass is 35.5. The average Bonchev–Trinajstić information content (AvgIpc) is 3.05. The van der Waals surface area contributed by atoms with Crippen molar-refractivity contribution in [1.29, 1.82) is 5.26 Å². The highest BCUT2D eigenvalue weighted by Gasteiger charge is 2.20. The van der Waals surface area contributed by atoms with E-state index in [0.717, 1.165) is 22.0 Å². The maximum atomic E-state index is 12.9. The Morgan fingerprint density at radius 2 is 1.89 bits per heavy atom. The molecule has 0 aliphatic heterocycles. The van der Waals surface area contributed by atoms with E-state index in [1.54, 1.807) is 18.2 Å². The Hall–Kier alpha value is -3.49. The van der Waals surface area contributed by atoms with E-state index < -0.39 is 5.97 Å². The van der Waals surface area contributed by atoms with Gasteiger partial charge in [0.1, 0.15) is 18.4 Å². The maximum absolute atomic E-state index is 12.9. The van der Waals surface area contributed by atoms with Crippen molar-refractivity contribution in [1.82, 2.24) is 4.40 Å². The lowest BCUT2D eigenvalue weighted by molar-refractivity contribution is 0.0477. The fraction of sp³-hybridized carbons (Fsp3) is 0.0909. The van der Waals surface area contributed by atoms with Crippen LogP contribution < -0.4 is 4.74 Å². The number of nitriles is 1. The molecule has 0 aliphatic carbocycles. The molecule has 6 heteroatoms. The van der Waals surface area contributed by atoms with Gasteiger partial charge in [-0.2, -0.15) is 5.26 Å². The molecule has 4 rings (SSSR count). The number of hydrogen-bond donors (Lipinski definition) is 0. The normalized spacial score (nSPS) is 10.7. The van der Waals surface area contributed by atoms with Crippen LogP contribution in [0, 0.1) is 11.3 Å². The summed E-state index contributed by atoms with van der Waals surface area (Å²) in [6, 6.07) is 20.1. The molecule has 0 fully saturated rings. The Balaban J connectivity index is 1.71. The van der Waals surface area contributed by atoms with E-state index in [-0.39, 0.29) is 13.2 Å². The lowest BCUT2D eigenvalue weighted by atomic mass is 10.1. The van der Waals surface area contributed by atoms with E-state index >= 15 is 0 Å². The van der Waals surface area contributed by atoms with Gasteiger partial charge in [0, 0.05) is 22.7 Å². The van der Waals surface area contributed by atoms with Crippen molar-refractivity contribution in [2.75, 3.05) is 6.61 Å². The van der Waals surface area contributed by atoms with Gasteiger partial charge in [0.05, 0.1) is 16.6 Å². The summed E-state index contributed by atoms with van der Waals surface area (Å²) in [5, 5.41) is 10.1.